The topological polar surface area (TPSA) is 20.2 Å². The van der Waals surface area contributed by atoms with Gasteiger partial charge in [0, 0.05) is 5.02 Å². The van der Waals surface area contributed by atoms with Crippen molar-refractivity contribution in [2.75, 3.05) is 0 Å². The lowest BCUT2D eigenvalue weighted by Crippen LogP contribution is -2.05. The van der Waals surface area contributed by atoms with Crippen molar-refractivity contribution >= 4 is 34.8 Å². The van der Waals surface area contributed by atoms with E-state index in [0.29, 0.717) is 10.6 Å². The minimum Gasteiger partial charge on any atom is -0.386 e. The highest BCUT2D eigenvalue weighted by molar-refractivity contribution is 6.44. The Hall–Kier alpha value is 0.0500. The zero-order valence-corrected chi connectivity index (χ0v) is 8.31. The number of hydrogen-bond donors (Lipinski definition) is 1. The van der Waals surface area contributed by atoms with Gasteiger partial charge in [0.15, 0.2) is 0 Å². The van der Waals surface area contributed by atoms with E-state index in [1.54, 1.807) is 24.3 Å². The van der Waals surface area contributed by atoms with Gasteiger partial charge in [-0.3, -0.25) is 0 Å². The first kappa shape index (κ1) is 10.1. The quantitative estimate of drug-likeness (QED) is 0.767. The lowest BCUT2D eigenvalue weighted by molar-refractivity contribution is 0.193. The summed E-state index contributed by atoms with van der Waals surface area (Å²) < 4.78 is 0. The third kappa shape index (κ3) is 2.53. The van der Waals surface area contributed by atoms with Crippen LogP contribution in [0.3, 0.4) is 0 Å². The van der Waals surface area contributed by atoms with Crippen molar-refractivity contribution < 1.29 is 5.11 Å². The van der Waals surface area contributed by atoms with E-state index in [1.165, 1.54) is 0 Å². The van der Waals surface area contributed by atoms with E-state index in [2.05, 4.69) is 0 Å². The maximum absolute atomic E-state index is 9.40. The Labute approximate surface area is 85.9 Å². The maximum Gasteiger partial charge on any atom is 0.137 e. The molecule has 66 valence electrons. The van der Waals surface area contributed by atoms with Crippen LogP contribution in [0.2, 0.25) is 5.02 Å². The highest BCUT2D eigenvalue weighted by Gasteiger charge is 2.15. The summed E-state index contributed by atoms with van der Waals surface area (Å²) >= 11 is 16.7. The van der Waals surface area contributed by atoms with Crippen molar-refractivity contribution in [3.63, 3.8) is 0 Å². The van der Waals surface area contributed by atoms with Crippen molar-refractivity contribution in [1.82, 2.24) is 0 Å². The van der Waals surface area contributed by atoms with E-state index in [-0.39, 0.29) is 0 Å². The largest absolute Gasteiger partial charge is 0.386 e. The second-order valence-corrected chi connectivity index (χ2v) is 3.93. The van der Waals surface area contributed by atoms with Crippen LogP contribution in [0.5, 0.6) is 0 Å². The van der Waals surface area contributed by atoms with Crippen LogP contribution < -0.4 is 0 Å². The second kappa shape index (κ2) is 4.33. The molecule has 0 heterocycles. The predicted octanol–water partition coefficient (Wildman–Crippen LogP) is 3.18. The molecule has 4 heteroatoms. The van der Waals surface area contributed by atoms with Gasteiger partial charge in [0.25, 0.3) is 0 Å². The third-order valence-corrected chi connectivity index (χ3v) is 2.14. The van der Waals surface area contributed by atoms with Crippen molar-refractivity contribution in [3.8, 4) is 0 Å². The molecule has 1 aromatic rings. The van der Waals surface area contributed by atoms with Crippen LogP contribution in [-0.4, -0.2) is 9.94 Å². The summed E-state index contributed by atoms with van der Waals surface area (Å²) in [5, 5.41) is 9.96. The van der Waals surface area contributed by atoms with Crippen LogP contribution >= 0.6 is 34.8 Å². The van der Waals surface area contributed by atoms with E-state index < -0.39 is 10.9 Å². The molecule has 0 radical (unpaired) electrons. The molecule has 0 aliphatic heterocycles. The van der Waals surface area contributed by atoms with Crippen LogP contribution in [0.1, 0.15) is 11.7 Å². The summed E-state index contributed by atoms with van der Waals surface area (Å²) in [5.41, 5.74) is 0.623. The summed E-state index contributed by atoms with van der Waals surface area (Å²) in [4.78, 5) is -0.830. The van der Waals surface area contributed by atoms with E-state index in [1.807, 2.05) is 0 Å². The molecule has 1 nitrogen and oxygen atoms in total. The molecule has 0 saturated carbocycles. The van der Waals surface area contributed by atoms with Crippen LogP contribution in [0, 0.1) is 0 Å². The zero-order chi connectivity index (χ0) is 9.14. The molecule has 1 atom stereocenters. The summed E-state index contributed by atoms with van der Waals surface area (Å²) in [7, 11) is 0. The van der Waals surface area contributed by atoms with Gasteiger partial charge in [0.05, 0.1) is 0 Å². The Morgan fingerprint density at radius 2 is 1.92 bits per heavy atom. The minimum atomic E-state index is -0.882. The number of hydrogen-bond acceptors (Lipinski definition) is 1. The lowest BCUT2D eigenvalue weighted by Gasteiger charge is -2.11. The second-order valence-electron chi connectivity index (χ2n) is 2.33. The number of aliphatic hydroxyl groups excluding tert-OH is 1. The van der Waals surface area contributed by atoms with Gasteiger partial charge in [-0.25, -0.2) is 0 Å². The zero-order valence-electron chi connectivity index (χ0n) is 6.05. The monoisotopic (exact) mass is 224 g/mol. The van der Waals surface area contributed by atoms with Crippen LogP contribution in [0.25, 0.3) is 0 Å². The molecular weight excluding hydrogens is 218 g/mol. The number of rotatable bonds is 2. The highest BCUT2D eigenvalue weighted by atomic mass is 35.5. The van der Waals surface area contributed by atoms with Crippen molar-refractivity contribution in [2.24, 2.45) is 0 Å². The smallest absolute Gasteiger partial charge is 0.137 e. The molecule has 0 unspecified atom stereocenters. The summed E-state index contributed by atoms with van der Waals surface area (Å²) in [6.45, 7) is 0. The average molecular weight is 226 g/mol. The molecule has 0 saturated heterocycles. The molecule has 1 aromatic carbocycles. The normalized spacial score (nSPS) is 13.4. The molecule has 0 aliphatic rings. The highest BCUT2D eigenvalue weighted by Crippen LogP contribution is 2.25. The van der Waals surface area contributed by atoms with Crippen molar-refractivity contribution in [1.29, 1.82) is 0 Å². The maximum atomic E-state index is 9.40. The van der Waals surface area contributed by atoms with Gasteiger partial charge in [0.2, 0.25) is 0 Å². The summed E-state index contributed by atoms with van der Waals surface area (Å²) in [6.07, 6.45) is -0.882. The lowest BCUT2D eigenvalue weighted by atomic mass is 10.1. The number of alkyl halides is 2. The number of halogens is 3. The summed E-state index contributed by atoms with van der Waals surface area (Å²) in [6, 6.07) is 6.80. The Morgan fingerprint density at radius 3 is 2.42 bits per heavy atom. The first-order chi connectivity index (χ1) is 5.61. The fourth-order valence-corrected chi connectivity index (χ4v) is 1.33. The van der Waals surface area contributed by atoms with Gasteiger partial charge in [-0.05, 0) is 17.7 Å². The Kier molecular flexibility index (Phi) is 3.66. The van der Waals surface area contributed by atoms with Gasteiger partial charge >= 0.3 is 0 Å². The molecule has 0 fully saturated rings. The molecule has 0 aromatic heterocycles. The van der Waals surface area contributed by atoms with E-state index in [0.717, 1.165) is 0 Å². The Morgan fingerprint density at radius 1 is 1.25 bits per heavy atom. The molecule has 0 bridgehead atoms. The number of benzene rings is 1. The molecule has 0 aliphatic carbocycles. The molecular formula is C8H7Cl3O. The van der Waals surface area contributed by atoms with Gasteiger partial charge < -0.3 is 5.11 Å². The van der Waals surface area contributed by atoms with Crippen LogP contribution in [0.4, 0.5) is 0 Å². The van der Waals surface area contributed by atoms with Gasteiger partial charge in [-0.2, -0.15) is 0 Å². The first-order valence-electron chi connectivity index (χ1n) is 3.33. The fourth-order valence-electron chi connectivity index (χ4n) is 0.836. The van der Waals surface area contributed by atoms with Gasteiger partial charge in [-0.15, -0.1) is 23.2 Å². The van der Waals surface area contributed by atoms with Crippen molar-refractivity contribution in [2.45, 2.75) is 10.9 Å². The van der Waals surface area contributed by atoms with Gasteiger partial charge in [0.1, 0.15) is 10.9 Å². The first-order valence-corrected chi connectivity index (χ1v) is 4.58. The number of aliphatic hydroxyl groups is 1. The van der Waals surface area contributed by atoms with E-state index in [9.17, 15) is 5.11 Å². The van der Waals surface area contributed by atoms with E-state index in [4.69, 9.17) is 34.8 Å². The average Bonchev–Trinajstić information content (AvgIpc) is 2.03. The van der Waals surface area contributed by atoms with Crippen LogP contribution in [-0.2, 0) is 0 Å². The van der Waals surface area contributed by atoms with E-state index >= 15 is 0 Å². The molecule has 12 heavy (non-hydrogen) atoms. The molecule has 0 spiro atoms. The fraction of sp³-hybridized carbons (Fsp3) is 0.250. The molecule has 1 N–H and O–H groups in total. The van der Waals surface area contributed by atoms with Crippen molar-refractivity contribution in [3.05, 3.63) is 34.9 Å². The summed E-state index contributed by atoms with van der Waals surface area (Å²) in [5.74, 6) is 0. The predicted molar refractivity (Wildman–Crippen MR) is 51.9 cm³/mol. The Bertz CT molecular complexity index is 262. The minimum absolute atomic E-state index is 0.556. The standard InChI is InChI=1S/C8H7Cl3O/c9-6-3-1-2-5(4-6)7(12)8(10)11/h1-4,7-8,12H/t7-/m0/s1. The molecule has 0 amide bonds. The van der Waals surface area contributed by atoms with Gasteiger partial charge in [-0.1, -0.05) is 23.7 Å². The Balaban J connectivity index is 2.88. The molecule has 1 rings (SSSR count). The SMILES string of the molecule is O[C@@H](c1cccc(Cl)c1)C(Cl)Cl. The third-order valence-electron chi connectivity index (χ3n) is 1.43. The van der Waals surface area contributed by atoms with Crippen LogP contribution in [0.15, 0.2) is 24.3 Å².